The van der Waals surface area contributed by atoms with Gasteiger partial charge in [0.1, 0.15) is 18.0 Å². The van der Waals surface area contributed by atoms with Crippen LogP contribution in [-0.4, -0.2) is 67.0 Å². The number of benzene rings is 1. The molecule has 0 saturated carbocycles. The molecule has 5 rings (SSSR count). The van der Waals surface area contributed by atoms with Gasteiger partial charge in [0.15, 0.2) is 12.4 Å². The van der Waals surface area contributed by atoms with Crippen LogP contribution in [0.4, 0.5) is 17.3 Å². The zero-order valence-electron chi connectivity index (χ0n) is 19.6. The van der Waals surface area contributed by atoms with Gasteiger partial charge in [0.2, 0.25) is 0 Å². The van der Waals surface area contributed by atoms with Gasteiger partial charge in [-0.25, -0.2) is 4.79 Å². The highest BCUT2D eigenvalue weighted by Crippen LogP contribution is 2.26. The van der Waals surface area contributed by atoms with Gasteiger partial charge in [-0.1, -0.05) is 0 Å². The Balaban J connectivity index is 1.51. The van der Waals surface area contributed by atoms with Crippen molar-refractivity contribution in [2.24, 2.45) is 7.05 Å². The Bertz CT molecular complexity index is 1470. The first-order chi connectivity index (χ1) is 16.8. The Morgan fingerprint density at radius 2 is 2.00 bits per heavy atom. The van der Waals surface area contributed by atoms with Gasteiger partial charge in [0, 0.05) is 49.4 Å². The zero-order valence-corrected chi connectivity index (χ0v) is 19.6. The molecule has 1 aromatic carbocycles. The predicted molar refractivity (Wildman–Crippen MR) is 131 cm³/mol. The van der Waals surface area contributed by atoms with E-state index < -0.39 is 18.1 Å². The second kappa shape index (κ2) is 8.87. The van der Waals surface area contributed by atoms with E-state index >= 15 is 0 Å². The van der Waals surface area contributed by atoms with Crippen LogP contribution in [0.25, 0.3) is 16.7 Å². The van der Waals surface area contributed by atoms with E-state index in [-0.39, 0.29) is 5.75 Å². The number of rotatable bonds is 6. The first kappa shape index (κ1) is 22.6. The maximum Gasteiger partial charge on any atom is 0.341 e. The number of aliphatic carboxylic acids is 1. The van der Waals surface area contributed by atoms with E-state index in [1.807, 2.05) is 24.3 Å². The third-order valence-corrected chi connectivity index (χ3v) is 5.93. The Morgan fingerprint density at radius 1 is 1.23 bits per heavy atom. The predicted octanol–water partition coefficient (Wildman–Crippen LogP) is 1.37. The van der Waals surface area contributed by atoms with Gasteiger partial charge in [-0.15, -0.1) is 0 Å². The van der Waals surface area contributed by atoms with Crippen molar-refractivity contribution in [3.05, 3.63) is 47.0 Å². The molecule has 1 fully saturated rings. The molecule has 0 amide bonds. The lowest BCUT2D eigenvalue weighted by Crippen LogP contribution is -2.54. The van der Waals surface area contributed by atoms with Gasteiger partial charge in [-0.2, -0.15) is 19.6 Å². The maximum absolute atomic E-state index is 12.5. The number of fused-ring (bicyclic) bond motifs is 2. The summed E-state index contributed by atoms with van der Waals surface area (Å²) in [5, 5.41) is 20.8. The third kappa shape index (κ3) is 4.47. The summed E-state index contributed by atoms with van der Waals surface area (Å²) >= 11 is 0. The molecule has 0 radical (unpaired) electrons. The van der Waals surface area contributed by atoms with E-state index in [1.54, 1.807) is 17.6 Å². The van der Waals surface area contributed by atoms with Crippen LogP contribution in [-0.2, 0) is 11.8 Å². The number of anilines is 3. The molecule has 12 nitrogen and oxygen atoms in total. The molecule has 1 aliphatic rings. The molecule has 0 bridgehead atoms. The summed E-state index contributed by atoms with van der Waals surface area (Å²) in [5.74, 6) is 0.803. The highest BCUT2D eigenvalue weighted by atomic mass is 16.5. The van der Waals surface area contributed by atoms with Gasteiger partial charge in [0.25, 0.3) is 11.3 Å². The van der Waals surface area contributed by atoms with Crippen molar-refractivity contribution in [1.29, 1.82) is 0 Å². The Kier molecular flexibility index (Phi) is 5.73. The number of ether oxygens (including phenoxy) is 1. The second-order valence-corrected chi connectivity index (χ2v) is 8.80. The number of carboxylic acids is 1. The summed E-state index contributed by atoms with van der Waals surface area (Å²) in [5.41, 5.74) is 1.03. The number of piperazine rings is 1. The minimum absolute atomic E-state index is 0.0219. The maximum atomic E-state index is 12.5. The molecule has 12 heteroatoms. The summed E-state index contributed by atoms with van der Waals surface area (Å²) < 4.78 is 8.26. The van der Waals surface area contributed by atoms with Crippen LogP contribution >= 0.6 is 0 Å². The number of carbonyl (C=O) groups is 1. The van der Waals surface area contributed by atoms with E-state index in [9.17, 15) is 9.59 Å². The highest BCUT2D eigenvalue weighted by Gasteiger charge is 2.23. The SMILES string of the molecule is C[C@@H]1CN(c2cc(Nc3ccc4c(c3)cc(OCC(=O)O)c(=O)n4C)n3ncnc3n2)C[C@H](C)N1. The number of carboxylic acid groups (broad SMARTS) is 1. The molecule has 35 heavy (non-hydrogen) atoms. The topological polar surface area (TPSA) is 139 Å². The molecule has 3 aromatic heterocycles. The van der Waals surface area contributed by atoms with Gasteiger partial charge < -0.3 is 29.9 Å². The Hall–Kier alpha value is -4.19. The molecule has 1 aliphatic heterocycles. The molecule has 4 aromatic rings. The molecule has 4 heterocycles. The van der Waals surface area contributed by atoms with Gasteiger partial charge in [-0.3, -0.25) is 4.79 Å². The fraction of sp³-hybridized carbons (Fsp3) is 0.348. The first-order valence-electron chi connectivity index (χ1n) is 11.3. The molecular weight excluding hydrogens is 452 g/mol. The minimum Gasteiger partial charge on any atom is -0.479 e. The zero-order chi connectivity index (χ0) is 24.7. The third-order valence-electron chi connectivity index (χ3n) is 5.93. The molecule has 0 spiro atoms. The van der Waals surface area contributed by atoms with Crippen molar-refractivity contribution in [3.63, 3.8) is 0 Å². The number of pyridine rings is 1. The number of nitrogens with one attached hydrogen (secondary N) is 2. The lowest BCUT2D eigenvalue weighted by Gasteiger charge is -2.37. The number of hydrogen-bond acceptors (Lipinski definition) is 9. The Labute approximate surface area is 200 Å². The largest absolute Gasteiger partial charge is 0.479 e. The fourth-order valence-electron chi connectivity index (χ4n) is 4.49. The number of aryl methyl sites for hydroxylation is 1. The average molecular weight is 479 g/mol. The summed E-state index contributed by atoms with van der Waals surface area (Å²) in [6, 6.07) is 9.70. The van der Waals surface area contributed by atoms with Crippen molar-refractivity contribution in [1.82, 2.24) is 29.5 Å². The van der Waals surface area contributed by atoms with Crippen LogP contribution in [0.15, 0.2) is 41.5 Å². The first-order valence-corrected chi connectivity index (χ1v) is 11.3. The molecule has 182 valence electrons. The van der Waals surface area contributed by atoms with Crippen molar-refractivity contribution in [2.75, 3.05) is 29.9 Å². The second-order valence-electron chi connectivity index (χ2n) is 8.80. The summed E-state index contributed by atoms with van der Waals surface area (Å²) in [4.78, 5) is 34.6. The summed E-state index contributed by atoms with van der Waals surface area (Å²) in [7, 11) is 1.62. The number of nitrogens with zero attached hydrogens (tertiary/aromatic N) is 6. The van der Waals surface area contributed by atoms with E-state index in [2.05, 4.69) is 39.5 Å². The summed E-state index contributed by atoms with van der Waals surface area (Å²) in [6.45, 7) is 5.35. The number of aromatic nitrogens is 5. The quantitative estimate of drug-likeness (QED) is 0.372. The van der Waals surface area contributed by atoms with Gasteiger partial charge in [-0.05, 0) is 38.1 Å². The highest BCUT2D eigenvalue weighted by molar-refractivity contribution is 5.85. The van der Waals surface area contributed by atoms with E-state index in [0.29, 0.717) is 34.6 Å². The normalized spacial score (nSPS) is 18.2. The minimum atomic E-state index is -1.15. The molecule has 0 aliphatic carbocycles. The monoisotopic (exact) mass is 478 g/mol. The average Bonchev–Trinajstić information content (AvgIpc) is 3.29. The van der Waals surface area contributed by atoms with E-state index in [4.69, 9.17) is 14.8 Å². The van der Waals surface area contributed by atoms with E-state index in [0.717, 1.165) is 24.6 Å². The molecule has 2 atom stereocenters. The number of hydrogen-bond donors (Lipinski definition) is 3. The lowest BCUT2D eigenvalue weighted by molar-refractivity contribution is -0.139. The van der Waals surface area contributed by atoms with Gasteiger partial charge >= 0.3 is 5.97 Å². The smallest absolute Gasteiger partial charge is 0.341 e. The summed E-state index contributed by atoms with van der Waals surface area (Å²) in [6.07, 6.45) is 1.46. The fourth-order valence-corrected chi connectivity index (χ4v) is 4.49. The van der Waals surface area contributed by atoms with Crippen LogP contribution in [0.1, 0.15) is 13.8 Å². The van der Waals surface area contributed by atoms with E-state index in [1.165, 1.54) is 10.9 Å². The van der Waals surface area contributed by atoms with Gasteiger partial charge in [0.05, 0.1) is 5.52 Å². The Morgan fingerprint density at radius 3 is 2.74 bits per heavy atom. The van der Waals surface area contributed by atoms with Crippen LogP contribution < -0.4 is 25.8 Å². The van der Waals surface area contributed by atoms with Crippen LogP contribution in [0.5, 0.6) is 5.75 Å². The lowest BCUT2D eigenvalue weighted by atomic mass is 10.1. The molecular formula is C23H26N8O4. The molecule has 1 saturated heterocycles. The molecule has 0 unspecified atom stereocenters. The van der Waals surface area contributed by atoms with Crippen LogP contribution in [0.2, 0.25) is 0 Å². The standard InChI is InChI=1S/C23H26N8O4/c1-13-9-30(10-14(2)26-13)19-8-20(31-23(28-19)24-12-25-31)27-16-4-5-17-15(6-16)7-18(22(34)29(17)3)35-11-21(32)33/h4-8,12-14,26-27H,9-11H2,1-3H3,(H,32,33)/t13-,14+. The van der Waals surface area contributed by atoms with Crippen molar-refractivity contribution < 1.29 is 14.6 Å². The molecule has 3 N–H and O–H groups in total. The van der Waals surface area contributed by atoms with Crippen LogP contribution in [0, 0.1) is 0 Å². The van der Waals surface area contributed by atoms with Crippen molar-refractivity contribution in [2.45, 2.75) is 25.9 Å². The van der Waals surface area contributed by atoms with Crippen molar-refractivity contribution in [3.8, 4) is 5.75 Å². The van der Waals surface area contributed by atoms with Crippen LogP contribution in [0.3, 0.4) is 0 Å². The van der Waals surface area contributed by atoms with Crippen molar-refractivity contribution >= 4 is 40.0 Å².